The second kappa shape index (κ2) is 3.91. The number of aryl methyl sites for hydroxylation is 1. The summed E-state index contributed by atoms with van der Waals surface area (Å²) in [5, 5.41) is 4.80. The molecule has 2 rings (SSSR count). The van der Waals surface area contributed by atoms with Gasteiger partial charge in [-0.1, -0.05) is 6.07 Å². The minimum atomic E-state index is -0.992. The van der Waals surface area contributed by atoms with Crippen LogP contribution < -0.4 is 11.0 Å². The molecule has 0 aliphatic carbocycles. The van der Waals surface area contributed by atoms with Crippen molar-refractivity contribution >= 4 is 19.5 Å². The van der Waals surface area contributed by atoms with Gasteiger partial charge in [-0.2, -0.15) is 5.10 Å². The highest BCUT2D eigenvalue weighted by Gasteiger charge is 2.03. The number of nitrogens with zero attached hydrogens (tertiary/aromatic N) is 2. The van der Waals surface area contributed by atoms with E-state index in [1.165, 1.54) is 0 Å². The highest BCUT2D eigenvalue weighted by atomic mass is 31.1. The van der Waals surface area contributed by atoms with Crippen molar-refractivity contribution in [2.45, 2.75) is 0 Å². The Morgan fingerprint density at radius 2 is 2.20 bits per heavy atom. The van der Waals surface area contributed by atoms with E-state index in [0.29, 0.717) is 5.69 Å². The highest BCUT2D eigenvalue weighted by molar-refractivity contribution is 7.34. The first-order valence-corrected chi connectivity index (χ1v) is 5.59. The van der Waals surface area contributed by atoms with E-state index in [0.717, 1.165) is 16.4 Å². The van der Waals surface area contributed by atoms with Crippen LogP contribution in [0.5, 0.6) is 0 Å². The topological polar surface area (TPSA) is 60.9 Å². The van der Waals surface area contributed by atoms with E-state index in [1.807, 2.05) is 25.4 Å². The van der Waals surface area contributed by atoms with Crippen molar-refractivity contribution in [3.63, 3.8) is 0 Å². The molecule has 0 bridgehead atoms. The summed E-state index contributed by atoms with van der Waals surface area (Å²) in [4.78, 5) is 0. The molecule has 78 valence electrons. The van der Waals surface area contributed by atoms with Gasteiger partial charge in [0, 0.05) is 29.8 Å². The maximum Gasteiger partial charge on any atom is 0.0941 e. The Kier molecular flexibility index (Phi) is 2.60. The van der Waals surface area contributed by atoms with Crippen LogP contribution in [0.25, 0.3) is 11.1 Å². The maximum absolute atomic E-state index is 10.9. The van der Waals surface area contributed by atoms with Crippen LogP contribution in [0, 0.1) is 0 Å². The van der Waals surface area contributed by atoms with Crippen LogP contribution in [-0.4, -0.2) is 9.78 Å². The van der Waals surface area contributed by atoms with Gasteiger partial charge in [-0.3, -0.25) is 4.68 Å². The van der Waals surface area contributed by atoms with Crippen LogP contribution in [0.4, 0.5) is 5.69 Å². The highest BCUT2D eigenvalue weighted by Crippen LogP contribution is 2.20. The van der Waals surface area contributed by atoms with Crippen molar-refractivity contribution in [3.8, 4) is 11.1 Å². The number of nitrogen functional groups attached to an aromatic ring is 1. The number of aromatic nitrogens is 2. The fraction of sp³-hybridized carbons (Fsp3) is 0.100. The summed E-state index contributed by atoms with van der Waals surface area (Å²) in [7, 11) is 0.869. The molecule has 4 nitrogen and oxygen atoms in total. The third-order valence-electron chi connectivity index (χ3n) is 2.25. The first-order valence-electron chi connectivity index (χ1n) is 4.54. The lowest BCUT2D eigenvalue weighted by molar-refractivity contribution is 0.603. The monoisotopic (exact) mass is 221 g/mol. The van der Waals surface area contributed by atoms with Crippen LogP contribution in [-0.2, 0) is 11.6 Å². The Labute approximate surface area is 88.9 Å². The van der Waals surface area contributed by atoms with Crippen LogP contribution in [0.1, 0.15) is 0 Å². The number of benzene rings is 1. The van der Waals surface area contributed by atoms with E-state index in [2.05, 4.69) is 5.10 Å². The molecule has 0 fully saturated rings. The molecule has 5 heteroatoms. The van der Waals surface area contributed by atoms with Crippen molar-refractivity contribution in [2.24, 2.45) is 7.05 Å². The molecular weight excluding hydrogens is 209 g/mol. The summed E-state index contributed by atoms with van der Waals surface area (Å²) in [6.07, 6.45) is 3.69. The van der Waals surface area contributed by atoms with Gasteiger partial charge in [0.05, 0.1) is 14.7 Å². The van der Waals surface area contributed by atoms with E-state index in [-0.39, 0.29) is 0 Å². The number of anilines is 1. The largest absolute Gasteiger partial charge is 0.398 e. The van der Waals surface area contributed by atoms with Gasteiger partial charge in [0.2, 0.25) is 0 Å². The Balaban J connectivity index is 2.50. The maximum atomic E-state index is 10.9. The molecule has 0 saturated carbocycles. The normalized spacial score (nSPS) is 11.3. The second-order valence-electron chi connectivity index (χ2n) is 3.36. The second-order valence-corrected chi connectivity index (χ2v) is 4.22. The van der Waals surface area contributed by atoms with Crippen LogP contribution >= 0.6 is 8.46 Å². The predicted molar refractivity (Wildman–Crippen MR) is 63.1 cm³/mol. The quantitative estimate of drug-likeness (QED) is 0.609. The van der Waals surface area contributed by atoms with Gasteiger partial charge < -0.3 is 10.3 Å². The molecule has 2 N–H and O–H groups in total. The molecule has 0 spiro atoms. The first kappa shape index (κ1) is 9.99. The van der Waals surface area contributed by atoms with Crippen molar-refractivity contribution in [1.82, 2.24) is 9.78 Å². The van der Waals surface area contributed by atoms with Crippen molar-refractivity contribution < 1.29 is 4.57 Å². The molecule has 1 heterocycles. The van der Waals surface area contributed by atoms with Crippen LogP contribution in [0.15, 0.2) is 30.6 Å². The summed E-state index contributed by atoms with van der Waals surface area (Å²) in [6, 6.07) is 5.54. The smallest absolute Gasteiger partial charge is 0.0941 e. The lowest BCUT2D eigenvalue weighted by Crippen LogP contribution is -2.01. The number of rotatable bonds is 2. The van der Waals surface area contributed by atoms with Crippen molar-refractivity contribution in [3.05, 3.63) is 30.6 Å². The van der Waals surface area contributed by atoms with E-state index >= 15 is 0 Å². The van der Waals surface area contributed by atoms with E-state index in [9.17, 15) is 4.57 Å². The van der Waals surface area contributed by atoms with Gasteiger partial charge in [0.15, 0.2) is 0 Å². The number of hydrogen-bond donors (Lipinski definition) is 1. The third-order valence-corrected chi connectivity index (χ3v) is 3.01. The van der Waals surface area contributed by atoms with Gasteiger partial charge in [-0.25, -0.2) is 0 Å². The lowest BCUT2D eigenvalue weighted by Gasteiger charge is -2.01. The van der Waals surface area contributed by atoms with Gasteiger partial charge in [0.1, 0.15) is 0 Å². The molecule has 1 unspecified atom stereocenters. The molecule has 0 radical (unpaired) electrons. The summed E-state index contributed by atoms with van der Waals surface area (Å²) in [5.74, 6) is 0. The SMILES string of the molecule is Cn1cc(-c2ccc(N)c([PH2]=O)c2)cn1. The lowest BCUT2D eigenvalue weighted by atomic mass is 10.1. The van der Waals surface area contributed by atoms with Crippen molar-refractivity contribution in [1.29, 1.82) is 0 Å². The molecule has 1 aromatic heterocycles. The number of nitrogens with two attached hydrogens (primary N) is 1. The van der Waals surface area contributed by atoms with Crippen molar-refractivity contribution in [2.75, 3.05) is 5.73 Å². The zero-order valence-electron chi connectivity index (χ0n) is 8.34. The molecular formula is C10H12N3OP. The standard InChI is InChI=1S/C10H12N3OP/c1-13-6-8(5-12-13)7-2-3-9(11)10(4-7)15-14/h2-6H,11,15H2,1H3. The van der Waals surface area contributed by atoms with Gasteiger partial charge in [-0.05, 0) is 17.7 Å². The zero-order valence-corrected chi connectivity index (χ0v) is 9.50. The molecule has 1 aromatic carbocycles. The molecule has 0 aliphatic rings. The molecule has 0 aliphatic heterocycles. The average Bonchev–Trinajstić information content (AvgIpc) is 2.66. The number of hydrogen-bond acceptors (Lipinski definition) is 3. The summed E-state index contributed by atoms with van der Waals surface area (Å²) < 4.78 is 12.7. The minimum Gasteiger partial charge on any atom is -0.398 e. The van der Waals surface area contributed by atoms with Crippen LogP contribution in [0.2, 0.25) is 0 Å². The molecule has 1 atom stereocenters. The van der Waals surface area contributed by atoms with Gasteiger partial charge in [-0.15, -0.1) is 0 Å². The Morgan fingerprint density at radius 1 is 1.40 bits per heavy atom. The average molecular weight is 221 g/mol. The summed E-state index contributed by atoms with van der Waals surface area (Å²) in [6.45, 7) is 0. The first-order chi connectivity index (χ1) is 7.20. The zero-order chi connectivity index (χ0) is 10.8. The molecule has 2 aromatic rings. The fourth-order valence-corrected chi connectivity index (χ4v) is 1.91. The third kappa shape index (κ3) is 1.95. The summed E-state index contributed by atoms with van der Waals surface area (Å²) in [5.41, 5.74) is 8.28. The molecule has 0 amide bonds. The molecule has 0 saturated heterocycles. The molecule has 15 heavy (non-hydrogen) atoms. The Hall–Kier alpha value is -1.54. The van der Waals surface area contributed by atoms with E-state index in [1.54, 1.807) is 16.9 Å². The van der Waals surface area contributed by atoms with E-state index < -0.39 is 8.46 Å². The van der Waals surface area contributed by atoms with E-state index in [4.69, 9.17) is 5.73 Å². The Bertz CT molecular complexity index is 507. The Morgan fingerprint density at radius 3 is 2.80 bits per heavy atom. The predicted octanol–water partition coefficient (Wildman–Crippen LogP) is 1.05. The fourth-order valence-electron chi connectivity index (χ4n) is 1.43. The van der Waals surface area contributed by atoms with Crippen LogP contribution in [0.3, 0.4) is 0 Å². The van der Waals surface area contributed by atoms with Gasteiger partial charge >= 0.3 is 0 Å². The summed E-state index contributed by atoms with van der Waals surface area (Å²) >= 11 is 0. The minimum absolute atomic E-state index is 0.590. The van der Waals surface area contributed by atoms with Gasteiger partial charge in [0.25, 0.3) is 0 Å².